The Labute approximate surface area is 135 Å². The van der Waals surface area contributed by atoms with Crippen LogP contribution in [0.3, 0.4) is 0 Å². The lowest BCUT2D eigenvalue weighted by molar-refractivity contribution is 0.569. The molecule has 0 aliphatic carbocycles. The van der Waals surface area contributed by atoms with Crippen LogP contribution in [-0.2, 0) is 6.42 Å². The van der Waals surface area contributed by atoms with Crippen molar-refractivity contribution >= 4 is 28.9 Å². The van der Waals surface area contributed by atoms with E-state index >= 15 is 0 Å². The first-order chi connectivity index (χ1) is 10.1. The van der Waals surface area contributed by atoms with Crippen molar-refractivity contribution in [2.24, 2.45) is 5.73 Å². The quantitative estimate of drug-likeness (QED) is 0.905. The highest BCUT2D eigenvalue weighted by atomic mass is 35.5. The Morgan fingerprint density at radius 2 is 1.95 bits per heavy atom. The summed E-state index contributed by atoms with van der Waals surface area (Å²) >= 11 is 12.2. The molecule has 0 bridgehead atoms. The second-order valence-corrected chi connectivity index (χ2v) is 6.33. The lowest BCUT2D eigenvalue weighted by Crippen LogP contribution is -2.37. The molecule has 1 heterocycles. The van der Waals surface area contributed by atoms with E-state index in [9.17, 15) is 0 Å². The van der Waals surface area contributed by atoms with Crippen molar-refractivity contribution in [3.63, 3.8) is 0 Å². The summed E-state index contributed by atoms with van der Waals surface area (Å²) < 4.78 is 0. The second kappa shape index (κ2) is 5.88. The SMILES string of the molecule is CC1Cc2ccccc2N1C(CN)c1ccc(Cl)c(Cl)c1. The molecule has 2 nitrogen and oxygen atoms in total. The molecule has 1 aliphatic heterocycles. The Kier molecular flexibility index (Phi) is 4.12. The van der Waals surface area contributed by atoms with Gasteiger partial charge in [0.05, 0.1) is 16.1 Å². The van der Waals surface area contributed by atoms with Crippen LogP contribution in [0.2, 0.25) is 10.0 Å². The van der Waals surface area contributed by atoms with E-state index in [2.05, 4.69) is 36.1 Å². The van der Waals surface area contributed by atoms with E-state index in [1.807, 2.05) is 18.2 Å². The predicted octanol–water partition coefficient (Wildman–Crippen LogP) is 4.44. The number of nitrogens with two attached hydrogens (primary N) is 1. The standard InChI is InChI=1S/C17H18Cl2N2/c1-11-8-12-4-2-3-5-16(12)21(11)17(10-20)13-6-7-14(18)15(19)9-13/h2-7,9,11,17H,8,10,20H2,1H3. The maximum Gasteiger partial charge on any atom is 0.0668 e. The van der Waals surface area contributed by atoms with Crippen molar-refractivity contribution < 1.29 is 0 Å². The molecule has 2 atom stereocenters. The number of benzene rings is 2. The van der Waals surface area contributed by atoms with Crippen molar-refractivity contribution in [1.82, 2.24) is 0 Å². The van der Waals surface area contributed by atoms with Gasteiger partial charge in [0.1, 0.15) is 0 Å². The Hall–Kier alpha value is -1.22. The third-order valence-electron chi connectivity index (χ3n) is 4.15. The van der Waals surface area contributed by atoms with Crippen LogP contribution in [0.1, 0.15) is 24.1 Å². The molecule has 0 aromatic heterocycles. The molecule has 2 unspecified atom stereocenters. The van der Waals surface area contributed by atoms with Crippen molar-refractivity contribution in [1.29, 1.82) is 0 Å². The van der Waals surface area contributed by atoms with Crippen molar-refractivity contribution in [3.8, 4) is 0 Å². The van der Waals surface area contributed by atoms with Crippen LogP contribution in [-0.4, -0.2) is 12.6 Å². The molecule has 0 radical (unpaired) electrons. The molecule has 0 spiro atoms. The zero-order chi connectivity index (χ0) is 15.0. The van der Waals surface area contributed by atoms with Gasteiger partial charge in [-0.2, -0.15) is 0 Å². The molecule has 110 valence electrons. The van der Waals surface area contributed by atoms with Gasteiger partial charge in [-0.3, -0.25) is 0 Å². The number of halogens is 2. The summed E-state index contributed by atoms with van der Waals surface area (Å²) in [6.45, 7) is 2.77. The molecule has 2 aromatic rings. The van der Waals surface area contributed by atoms with Gasteiger partial charge in [-0.15, -0.1) is 0 Å². The van der Waals surface area contributed by atoms with E-state index in [0.717, 1.165) is 12.0 Å². The average Bonchev–Trinajstić information content (AvgIpc) is 2.80. The molecular formula is C17H18Cl2N2. The highest BCUT2D eigenvalue weighted by molar-refractivity contribution is 6.42. The fraction of sp³-hybridized carbons (Fsp3) is 0.294. The number of para-hydroxylation sites is 1. The van der Waals surface area contributed by atoms with Gasteiger partial charge < -0.3 is 10.6 Å². The summed E-state index contributed by atoms with van der Waals surface area (Å²) in [6, 6.07) is 14.8. The van der Waals surface area contributed by atoms with Crippen LogP contribution in [0, 0.1) is 0 Å². The minimum Gasteiger partial charge on any atom is -0.360 e. The Morgan fingerprint density at radius 3 is 2.67 bits per heavy atom. The monoisotopic (exact) mass is 320 g/mol. The minimum atomic E-state index is 0.110. The molecule has 0 fully saturated rings. The topological polar surface area (TPSA) is 29.3 Å². The average molecular weight is 321 g/mol. The minimum absolute atomic E-state index is 0.110. The molecule has 4 heteroatoms. The van der Waals surface area contributed by atoms with Gasteiger partial charge in [0.15, 0.2) is 0 Å². The number of fused-ring (bicyclic) bond motifs is 1. The first-order valence-corrected chi connectivity index (χ1v) is 7.88. The van der Waals surface area contributed by atoms with Crippen molar-refractivity contribution in [2.75, 3.05) is 11.4 Å². The van der Waals surface area contributed by atoms with E-state index in [-0.39, 0.29) is 6.04 Å². The van der Waals surface area contributed by atoms with Gasteiger partial charge in [-0.05, 0) is 42.7 Å². The van der Waals surface area contributed by atoms with Crippen LogP contribution in [0.15, 0.2) is 42.5 Å². The summed E-state index contributed by atoms with van der Waals surface area (Å²) in [5.74, 6) is 0. The van der Waals surface area contributed by atoms with E-state index in [1.165, 1.54) is 11.3 Å². The highest BCUT2D eigenvalue weighted by Crippen LogP contribution is 2.39. The molecule has 0 saturated heterocycles. The van der Waals surface area contributed by atoms with Crippen LogP contribution >= 0.6 is 23.2 Å². The van der Waals surface area contributed by atoms with Gasteiger partial charge in [0.25, 0.3) is 0 Å². The molecule has 1 aliphatic rings. The van der Waals surface area contributed by atoms with Crippen molar-refractivity contribution in [2.45, 2.75) is 25.4 Å². The smallest absolute Gasteiger partial charge is 0.0668 e. The van der Waals surface area contributed by atoms with E-state index in [1.54, 1.807) is 0 Å². The van der Waals surface area contributed by atoms with Gasteiger partial charge in [-0.25, -0.2) is 0 Å². The Morgan fingerprint density at radius 1 is 1.19 bits per heavy atom. The van der Waals surface area contributed by atoms with Crippen LogP contribution in [0.25, 0.3) is 0 Å². The largest absolute Gasteiger partial charge is 0.360 e. The van der Waals surface area contributed by atoms with E-state index in [4.69, 9.17) is 28.9 Å². The second-order valence-electron chi connectivity index (χ2n) is 5.51. The number of anilines is 1. The molecule has 2 N–H and O–H groups in total. The van der Waals surface area contributed by atoms with Crippen molar-refractivity contribution in [3.05, 3.63) is 63.6 Å². The van der Waals surface area contributed by atoms with Gasteiger partial charge >= 0.3 is 0 Å². The first kappa shape index (κ1) is 14.7. The highest BCUT2D eigenvalue weighted by Gasteiger charge is 2.31. The maximum atomic E-state index is 6.17. The third-order valence-corrected chi connectivity index (χ3v) is 4.89. The molecule has 2 aromatic carbocycles. The maximum absolute atomic E-state index is 6.17. The fourth-order valence-electron chi connectivity index (χ4n) is 3.19. The molecule has 0 saturated carbocycles. The molecule has 3 rings (SSSR count). The number of hydrogen-bond acceptors (Lipinski definition) is 2. The van der Waals surface area contributed by atoms with Crippen LogP contribution in [0.5, 0.6) is 0 Å². The number of rotatable bonds is 3. The molecule has 21 heavy (non-hydrogen) atoms. The van der Waals surface area contributed by atoms with Crippen LogP contribution < -0.4 is 10.6 Å². The zero-order valence-corrected chi connectivity index (χ0v) is 13.4. The third kappa shape index (κ3) is 2.64. The summed E-state index contributed by atoms with van der Waals surface area (Å²) in [4.78, 5) is 2.40. The normalized spacial score (nSPS) is 18.7. The number of nitrogens with zero attached hydrogens (tertiary/aromatic N) is 1. The summed E-state index contributed by atoms with van der Waals surface area (Å²) in [5.41, 5.74) is 9.83. The summed E-state index contributed by atoms with van der Waals surface area (Å²) in [5, 5.41) is 1.15. The number of hydrogen-bond donors (Lipinski definition) is 1. The Balaban J connectivity index is 2.02. The summed E-state index contributed by atoms with van der Waals surface area (Å²) in [7, 11) is 0. The predicted molar refractivity (Wildman–Crippen MR) is 90.3 cm³/mol. The molecular weight excluding hydrogens is 303 g/mol. The van der Waals surface area contributed by atoms with Crippen LogP contribution in [0.4, 0.5) is 5.69 Å². The van der Waals surface area contributed by atoms with Gasteiger partial charge in [0, 0.05) is 18.3 Å². The Bertz CT molecular complexity index is 657. The zero-order valence-electron chi connectivity index (χ0n) is 11.9. The van der Waals surface area contributed by atoms with E-state index < -0.39 is 0 Å². The fourth-order valence-corrected chi connectivity index (χ4v) is 3.50. The lowest BCUT2D eigenvalue weighted by Gasteiger charge is -2.34. The van der Waals surface area contributed by atoms with Gasteiger partial charge in [0.2, 0.25) is 0 Å². The van der Waals surface area contributed by atoms with Gasteiger partial charge in [-0.1, -0.05) is 47.5 Å². The first-order valence-electron chi connectivity index (χ1n) is 7.13. The molecule has 0 amide bonds. The van der Waals surface area contributed by atoms with E-state index in [0.29, 0.717) is 22.6 Å². The summed E-state index contributed by atoms with van der Waals surface area (Å²) in [6.07, 6.45) is 1.05. The lowest BCUT2D eigenvalue weighted by atomic mass is 10.0.